The molecule has 4 heterocycles. The number of carbonyl (C=O) groups excluding carboxylic acids is 1. The molecule has 2 saturated heterocycles. The number of aliphatic hydroxyl groups excluding tert-OH is 1. The number of benzene rings is 1. The Kier molecular flexibility index (Phi) is 6.55. The monoisotopic (exact) mass is 526 g/mol. The summed E-state index contributed by atoms with van der Waals surface area (Å²) >= 11 is 6.23. The van der Waals surface area contributed by atoms with Crippen LogP contribution in [0.1, 0.15) is 12.5 Å². The number of halogens is 3. The van der Waals surface area contributed by atoms with Crippen molar-refractivity contribution in [3.05, 3.63) is 40.4 Å². The van der Waals surface area contributed by atoms with Crippen molar-refractivity contribution in [2.24, 2.45) is 5.73 Å². The number of nitrogens with one attached hydrogen (secondary N) is 1. The van der Waals surface area contributed by atoms with Crippen molar-refractivity contribution in [3.8, 4) is 17.6 Å². The maximum atomic E-state index is 14.5. The smallest absolute Gasteiger partial charge is 0.296 e. The van der Waals surface area contributed by atoms with E-state index in [9.17, 15) is 18.7 Å². The lowest BCUT2D eigenvalue weighted by Gasteiger charge is -2.15. The number of ether oxygens (including phenoxy) is 5. The Balaban J connectivity index is 1.28. The number of hydrogen-bond acceptors (Lipinski definition) is 9. The fourth-order valence-corrected chi connectivity index (χ4v) is 4.12. The number of aromatic amines is 1. The van der Waals surface area contributed by atoms with Gasteiger partial charge < -0.3 is 39.5 Å². The number of aromatic nitrogens is 3. The molecule has 4 N–H and O–H groups in total. The van der Waals surface area contributed by atoms with Crippen LogP contribution in [0.3, 0.4) is 0 Å². The van der Waals surface area contributed by atoms with Gasteiger partial charge in [0.2, 0.25) is 5.88 Å². The van der Waals surface area contributed by atoms with Gasteiger partial charge in [0.25, 0.3) is 11.9 Å². The third-order valence-electron chi connectivity index (χ3n) is 5.80. The summed E-state index contributed by atoms with van der Waals surface area (Å²) in [7, 11) is 0. The van der Waals surface area contributed by atoms with E-state index in [0.717, 1.165) is 12.1 Å². The van der Waals surface area contributed by atoms with E-state index in [4.69, 9.17) is 41.0 Å². The predicted molar refractivity (Wildman–Crippen MR) is 119 cm³/mol. The summed E-state index contributed by atoms with van der Waals surface area (Å²) < 4.78 is 56.5. The molecule has 0 spiro atoms. The first kappa shape index (κ1) is 24.4. The number of hydrogen-bond donors (Lipinski definition) is 3. The SMILES string of the molecule is CC(Oc1cc(F)c(COc2nc3nc(O[C@@H]4COC5C4OC[C@H]5O)[nH]c3cc2Cl)c(F)c1)C(N)=O. The average molecular weight is 527 g/mol. The van der Waals surface area contributed by atoms with E-state index < -0.39 is 60.2 Å². The summed E-state index contributed by atoms with van der Waals surface area (Å²) in [5, 5.41) is 9.93. The third kappa shape index (κ3) is 4.74. The van der Waals surface area contributed by atoms with Crippen LogP contribution in [0.5, 0.6) is 17.6 Å². The molecule has 2 aromatic heterocycles. The predicted octanol–water partition coefficient (Wildman–Crippen LogP) is 1.63. The van der Waals surface area contributed by atoms with Gasteiger partial charge in [-0.3, -0.25) is 4.79 Å². The minimum absolute atomic E-state index is 0.0697. The third-order valence-corrected chi connectivity index (χ3v) is 6.07. The lowest BCUT2D eigenvalue weighted by Crippen LogP contribution is -2.34. The summed E-state index contributed by atoms with van der Waals surface area (Å²) in [5.41, 5.74) is 5.33. The molecule has 2 aliphatic rings. The fraction of sp³-hybridized carbons (Fsp3) is 0.409. The minimum atomic E-state index is -1.07. The molecule has 14 heteroatoms. The van der Waals surface area contributed by atoms with Gasteiger partial charge in [-0.1, -0.05) is 11.6 Å². The first-order valence-corrected chi connectivity index (χ1v) is 11.3. The van der Waals surface area contributed by atoms with E-state index in [1.54, 1.807) is 0 Å². The maximum absolute atomic E-state index is 14.5. The van der Waals surface area contributed by atoms with E-state index in [1.165, 1.54) is 13.0 Å². The molecule has 0 bridgehead atoms. The van der Waals surface area contributed by atoms with Gasteiger partial charge in [-0.2, -0.15) is 9.97 Å². The van der Waals surface area contributed by atoms with E-state index in [1.807, 2.05) is 0 Å². The van der Waals surface area contributed by atoms with E-state index in [0.29, 0.717) is 5.52 Å². The Morgan fingerprint density at radius 3 is 2.69 bits per heavy atom. The van der Waals surface area contributed by atoms with Gasteiger partial charge in [-0.05, 0) is 13.0 Å². The summed E-state index contributed by atoms with van der Waals surface area (Å²) in [5.74, 6) is -2.98. The van der Waals surface area contributed by atoms with Gasteiger partial charge in [0, 0.05) is 12.1 Å². The summed E-state index contributed by atoms with van der Waals surface area (Å²) in [6, 6.07) is 3.45. The van der Waals surface area contributed by atoms with Crippen LogP contribution in [-0.2, 0) is 20.9 Å². The molecular weight excluding hydrogens is 506 g/mol. The maximum Gasteiger partial charge on any atom is 0.296 e. The molecule has 3 aromatic rings. The number of pyridine rings is 1. The van der Waals surface area contributed by atoms with E-state index in [2.05, 4.69) is 15.0 Å². The second-order valence-electron chi connectivity index (χ2n) is 8.32. The van der Waals surface area contributed by atoms with Crippen molar-refractivity contribution >= 4 is 28.7 Å². The largest absolute Gasteiger partial charge is 0.481 e. The Hall–Kier alpha value is -3.26. The number of amides is 1. The second kappa shape index (κ2) is 9.65. The molecule has 36 heavy (non-hydrogen) atoms. The fourth-order valence-electron chi connectivity index (χ4n) is 3.91. The van der Waals surface area contributed by atoms with Crippen molar-refractivity contribution in [1.82, 2.24) is 15.0 Å². The minimum Gasteiger partial charge on any atom is -0.481 e. The molecule has 11 nitrogen and oxygen atoms in total. The van der Waals surface area contributed by atoms with Gasteiger partial charge >= 0.3 is 0 Å². The highest BCUT2D eigenvalue weighted by atomic mass is 35.5. The van der Waals surface area contributed by atoms with Crippen LogP contribution in [0.15, 0.2) is 18.2 Å². The number of primary amides is 1. The van der Waals surface area contributed by atoms with Crippen LogP contribution < -0.4 is 19.9 Å². The molecule has 0 aliphatic carbocycles. The normalized spacial score (nSPS) is 24.0. The zero-order valence-electron chi connectivity index (χ0n) is 18.7. The molecule has 3 unspecified atom stereocenters. The highest BCUT2D eigenvalue weighted by Gasteiger charge is 2.48. The van der Waals surface area contributed by atoms with E-state index >= 15 is 0 Å². The number of H-pyrrole nitrogens is 1. The van der Waals surface area contributed by atoms with Crippen LogP contribution in [0.25, 0.3) is 11.2 Å². The van der Waals surface area contributed by atoms with Gasteiger partial charge in [0.15, 0.2) is 17.9 Å². The van der Waals surface area contributed by atoms with Crippen LogP contribution in [0.4, 0.5) is 8.78 Å². The molecule has 5 rings (SSSR count). The van der Waals surface area contributed by atoms with Gasteiger partial charge in [0.1, 0.15) is 47.3 Å². The molecule has 2 fully saturated rings. The van der Waals surface area contributed by atoms with Crippen molar-refractivity contribution < 1.29 is 42.4 Å². The first-order chi connectivity index (χ1) is 17.2. The molecule has 5 atom stereocenters. The Morgan fingerprint density at radius 2 is 1.97 bits per heavy atom. The zero-order valence-corrected chi connectivity index (χ0v) is 19.5. The highest BCUT2D eigenvalue weighted by Crippen LogP contribution is 2.32. The average Bonchev–Trinajstić information content (AvgIpc) is 3.50. The number of fused-ring (bicyclic) bond motifs is 2. The van der Waals surface area contributed by atoms with Crippen LogP contribution in [0, 0.1) is 11.6 Å². The van der Waals surface area contributed by atoms with Crippen molar-refractivity contribution in [2.45, 2.75) is 44.1 Å². The summed E-state index contributed by atoms with van der Waals surface area (Å²) in [4.78, 5) is 22.5. The molecule has 1 aromatic carbocycles. The van der Waals surface area contributed by atoms with Crippen molar-refractivity contribution in [1.29, 1.82) is 0 Å². The second-order valence-corrected chi connectivity index (χ2v) is 8.73. The molecule has 1 amide bonds. The van der Waals surface area contributed by atoms with Gasteiger partial charge in [-0.15, -0.1) is 0 Å². The summed E-state index contributed by atoms with van der Waals surface area (Å²) in [6.07, 6.45) is -3.15. The van der Waals surface area contributed by atoms with E-state index in [-0.39, 0.29) is 41.5 Å². The molecule has 0 saturated carbocycles. The van der Waals surface area contributed by atoms with Crippen LogP contribution in [0.2, 0.25) is 5.02 Å². The Morgan fingerprint density at radius 1 is 1.25 bits per heavy atom. The number of nitrogens with two attached hydrogens (primary N) is 1. The Bertz CT molecular complexity index is 1290. The molecule has 0 radical (unpaired) electrons. The lowest BCUT2D eigenvalue weighted by molar-refractivity contribution is -0.124. The van der Waals surface area contributed by atoms with Crippen LogP contribution >= 0.6 is 11.6 Å². The first-order valence-electron chi connectivity index (χ1n) is 10.9. The Labute approximate surface area is 207 Å². The topological polar surface area (TPSA) is 151 Å². The standard InChI is InChI=1S/C22H21ClF2N4O7/c1-8(19(26)31)35-9-2-12(24)10(13(25)3-9)5-34-21-11(23)4-14-20(28-21)29-22(27-14)36-16-7-33-17-15(30)6-32-18(16)17/h2-4,8,15-18,30H,5-7H2,1H3,(H2,26,31)(H,27,28,29)/t8?,15-,16-,17?,18?/m1/s1. The number of aliphatic hydroxyl groups is 1. The zero-order chi connectivity index (χ0) is 25.6. The lowest BCUT2D eigenvalue weighted by atomic mass is 10.1. The van der Waals surface area contributed by atoms with Crippen molar-refractivity contribution in [3.63, 3.8) is 0 Å². The molecular formula is C22H21ClF2N4O7. The van der Waals surface area contributed by atoms with Gasteiger partial charge in [-0.25, -0.2) is 8.78 Å². The highest BCUT2D eigenvalue weighted by molar-refractivity contribution is 6.32. The summed E-state index contributed by atoms with van der Waals surface area (Å²) in [6.45, 7) is 1.21. The number of nitrogens with zero attached hydrogens (tertiary/aromatic N) is 2. The van der Waals surface area contributed by atoms with Crippen LogP contribution in [-0.4, -0.2) is 69.7 Å². The molecule has 192 valence electrons. The number of carbonyl (C=O) groups is 1. The van der Waals surface area contributed by atoms with Crippen molar-refractivity contribution in [2.75, 3.05) is 13.2 Å². The molecule has 2 aliphatic heterocycles. The quantitative estimate of drug-likeness (QED) is 0.397. The van der Waals surface area contributed by atoms with Gasteiger partial charge in [0.05, 0.1) is 24.3 Å². The number of rotatable bonds is 8. The number of imidazole rings is 1.